The van der Waals surface area contributed by atoms with E-state index in [1.807, 2.05) is 24.5 Å². The SMILES string of the molecule is Cc1cc(C(=O)C[N+](C)(C)C2CCCC2)c(C)n1-c1ccc(F)cc1. The summed E-state index contributed by atoms with van der Waals surface area (Å²) in [5, 5.41) is 0. The number of hydrogen-bond acceptors (Lipinski definition) is 1. The van der Waals surface area contributed by atoms with E-state index in [9.17, 15) is 9.18 Å². The Balaban J connectivity index is 1.86. The second-order valence-corrected chi connectivity index (χ2v) is 7.89. The maximum absolute atomic E-state index is 13.2. The van der Waals surface area contributed by atoms with Crippen LogP contribution in [0.5, 0.6) is 0 Å². The van der Waals surface area contributed by atoms with Gasteiger partial charge in [-0.3, -0.25) is 4.79 Å². The van der Waals surface area contributed by atoms with Gasteiger partial charge in [-0.2, -0.15) is 0 Å². The van der Waals surface area contributed by atoms with E-state index in [-0.39, 0.29) is 11.6 Å². The summed E-state index contributed by atoms with van der Waals surface area (Å²) in [6.45, 7) is 4.49. The Morgan fingerprint density at radius 2 is 1.76 bits per heavy atom. The van der Waals surface area contributed by atoms with Crippen molar-refractivity contribution in [2.75, 3.05) is 20.6 Å². The van der Waals surface area contributed by atoms with Gasteiger partial charge >= 0.3 is 0 Å². The fourth-order valence-corrected chi connectivity index (χ4v) is 4.22. The zero-order chi connectivity index (χ0) is 18.2. The maximum atomic E-state index is 13.2. The lowest BCUT2D eigenvalue weighted by Crippen LogP contribution is -2.50. The van der Waals surface area contributed by atoms with Crippen molar-refractivity contribution >= 4 is 5.78 Å². The Morgan fingerprint density at radius 1 is 1.16 bits per heavy atom. The Bertz CT molecular complexity index is 768. The largest absolute Gasteiger partial charge is 0.320 e. The zero-order valence-electron chi connectivity index (χ0n) is 15.7. The van der Waals surface area contributed by atoms with E-state index < -0.39 is 0 Å². The lowest BCUT2D eigenvalue weighted by atomic mass is 10.1. The van der Waals surface area contributed by atoms with Gasteiger partial charge in [0.2, 0.25) is 5.78 Å². The number of hydrogen-bond donors (Lipinski definition) is 0. The molecule has 0 atom stereocenters. The number of halogens is 1. The van der Waals surface area contributed by atoms with Crippen LogP contribution in [0, 0.1) is 19.7 Å². The molecule has 0 bridgehead atoms. The van der Waals surface area contributed by atoms with Crippen molar-refractivity contribution in [2.24, 2.45) is 0 Å². The molecule has 1 aromatic carbocycles. The first-order valence-electron chi connectivity index (χ1n) is 9.10. The molecule has 1 fully saturated rings. The number of nitrogens with zero attached hydrogens (tertiary/aromatic N) is 2. The Kier molecular flexibility index (Phi) is 4.83. The second kappa shape index (κ2) is 6.75. The normalized spacial score (nSPS) is 15.7. The first-order valence-corrected chi connectivity index (χ1v) is 9.10. The van der Waals surface area contributed by atoms with Crippen molar-refractivity contribution in [2.45, 2.75) is 45.6 Å². The average Bonchev–Trinajstić information content (AvgIpc) is 3.17. The molecular formula is C21H28FN2O+. The molecule has 0 spiro atoms. The Morgan fingerprint density at radius 3 is 2.36 bits per heavy atom. The van der Waals surface area contributed by atoms with Gasteiger partial charge in [-0.15, -0.1) is 0 Å². The van der Waals surface area contributed by atoms with Crippen LogP contribution in [-0.4, -0.2) is 41.5 Å². The van der Waals surface area contributed by atoms with Gasteiger partial charge in [-0.25, -0.2) is 4.39 Å². The van der Waals surface area contributed by atoms with Gasteiger partial charge in [-0.1, -0.05) is 0 Å². The van der Waals surface area contributed by atoms with Crippen LogP contribution in [0.3, 0.4) is 0 Å². The van der Waals surface area contributed by atoms with Crippen molar-refractivity contribution in [1.82, 2.24) is 4.57 Å². The van der Waals surface area contributed by atoms with Crippen molar-refractivity contribution in [1.29, 1.82) is 0 Å². The van der Waals surface area contributed by atoms with E-state index in [4.69, 9.17) is 0 Å². The minimum absolute atomic E-state index is 0.193. The van der Waals surface area contributed by atoms with E-state index in [1.54, 1.807) is 12.1 Å². The minimum atomic E-state index is -0.252. The lowest BCUT2D eigenvalue weighted by Gasteiger charge is -2.35. The number of benzene rings is 1. The van der Waals surface area contributed by atoms with Crippen LogP contribution in [0.2, 0.25) is 0 Å². The molecule has 1 heterocycles. The van der Waals surface area contributed by atoms with E-state index in [2.05, 4.69) is 14.1 Å². The Labute approximate surface area is 149 Å². The summed E-state index contributed by atoms with van der Waals surface area (Å²) in [5.41, 5.74) is 3.60. The Hall–Kier alpha value is -1.94. The summed E-state index contributed by atoms with van der Waals surface area (Å²) in [6, 6.07) is 8.97. The van der Waals surface area contributed by atoms with Crippen LogP contribution < -0.4 is 0 Å². The van der Waals surface area contributed by atoms with E-state index in [1.165, 1.54) is 37.8 Å². The van der Waals surface area contributed by atoms with Gasteiger partial charge in [0.25, 0.3) is 0 Å². The summed E-state index contributed by atoms with van der Waals surface area (Å²) in [4.78, 5) is 13.0. The molecule has 0 saturated heterocycles. The van der Waals surface area contributed by atoms with Crippen LogP contribution >= 0.6 is 0 Å². The number of carbonyl (C=O) groups is 1. The molecule has 0 aliphatic heterocycles. The van der Waals surface area contributed by atoms with Crippen molar-refractivity contribution in [3.05, 3.63) is 53.1 Å². The molecule has 0 N–H and O–H groups in total. The molecule has 0 radical (unpaired) electrons. The number of aromatic nitrogens is 1. The highest BCUT2D eigenvalue weighted by atomic mass is 19.1. The molecule has 1 saturated carbocycles. The molecule has 4 heteroatoms. The molecule has 1 aliphatic rings. The molecule has 2 aromatic rings. The predicted octanol–water partition coefficient (Wildman–Crippen LogP) is 4.43. The molecule has 1 aliphatic carbocycles. The van der Waals surface area contributed by atoms with Crippen LogP contribution in [0.1, 0.15) is 47.4 Å². The van der Waals surface area contributed by atoms with Gasteiger partial charge in [0.05, 0.1) is 20.1 Å². The number of rotatable bonds is 5. The molecule has 1 aromatic heterocycles. The smallest absolute Gasteiger partial charge is 0.218 e. The maximum Gasteiger partial charge on any atom is 0.218 e. The first kappa shape index (κ1) is 17.9. The summed E-state index contributed by atoms with van der Waals surface area (Å²) >= 11 is 0. The van der Waals surface area contributed by atoms with E-state index >= 15 is 0 Å². The third kappa shape index (κ3) is 3.54. The third-order valence-electron chi connectivity index (χ3n) is 5.68. The number of carbonyl (C=O) groups excluding carboxylic acids is 1. The standard InChI is InChI=1S/C21H28FN2O/c1-15-13-20(16(2)23(15)18-11-9-17(22)10-12-18)21(25)14-24(3,4)19-7-5-6-8-19/h9-13,19H,5-8,14H2,1-4H3/q+1. The lowest BCUT2D eigenvalue weighted by molar-refractivity contribution is -0.906. The molecule has 3 nitrogen and oxygen atoms in total. The van der Waals surface area contributed by atoms with Gasteiger partial charge in [0.1, 0.15) is 12.4 Å². The monoisotopic (exact) mass is 343 g/mol. The van der Waals surface area contributed by atoms with Crippen LogP contribution in [0.25, 0.3) is 5.69 Å². The number of likely N-dealkylation sites (N-methyl/N-ethyl adjacent to an activating group) is 1. The van der Waals surface area contributed by atoms with Gasteiger partial charge < -0.3 is 9.05 Å². The number of aryl methyl sites for hydroxylation is 1. The fourth-order valence-electron chi connectivity index (χ4n) is 4.22. The van der Waals surface area contributed by atoms with Crippen LogP contribution in [0.4, 0.5) is 4.39 Å². The molecule has 25 heavy (non-hydrogen) atoms. The quantitative estimate of drug-likeness (QED) is 0.581. The molecular weight excluding hydrogens is 315 g/mol. The van der Waals surface area contributed by atoms with Gasteiger partial charge in [-0.05, 0) is 69.9 Å². The van der Waals surface area contributed by atoms with Crippen LogP contribution in [-0.2, 0) is 0 Å². The van der Waals surface area contributed by atoms with Gasteiger partial charge in [0.15, 0.2) is 0 Å². The number of Topliss-reactive ketones (excluding diaryl/α,β-unsaturated/α-hetero) is 1. The van der Waals surface area contributed by atoms with E-state index in [0.717, 1.165) is 27.1 Å². The predicted molar refractivity (Wildman–Crippen MR) is 98.8 cm³/mol. The summed E-state index contributed by atoms with van der Waals surface area (Å²) in [6.07, 6.45) is 4.99. The van der Waals surface area contributed by atoms with Crippen molar-refractivity contribution in [3.63, 3.8) is 0 Å². The second-order valence-electron chi connectivity index (χ2n) is 7.89. The van der Waals surface area contributed by atoms with Gasteiger partial charge in [0, 0.05) is 22.6 Å². The highest BCUT2D eigenvalue weighted by Crippen LogP contribution is 2.28. The molecule has 3 rings (SSSR count). The molecule has 134 valence electrons. The summed E-state index contributed by atoms with van der Waals surface area (Å²) < 4.78 is 16.0. The average molecular weight is 343 g/mol. The number of ketones is 1. The highest BCUT2D eigenvalue weighted by Gasteiger charge is 2.34. The summed E-state index contributed by atoms with van der Waals surface area (Å²) in [5.74, 6) is -0.0588. The zero-order valence-corrected chi connectivity index (χ0v) is 15.7. The minimum Gasteiger partial charge on any atom is -0.320 e. The van der Waals surface area contributed by atoms with Crippen LogP contribution in [0.15, 0.2) is 30.3 Å². The highest BCUT2D eigenvalue weighted by molar-refractivity contribution is 5.98. The van der Waals surface area contributed by atoms with E-state index in [0.29, 0.717) is 12.6 Å². The molecule has 0 unspecified atom stereocenters. The fraction of sp³-hybridized carbons (Fsp3) is 0.476. The number of quaternary nitrogens is 1. The topological polar surface area (TPSA) is 22.0 Å². The van der Waals surface area contributed by atoms with Crippen molar-refractivity contribution in [3.8, 4) is 5.69 Å². The first-order chi connectivity index (χ1) is 11.8. The third-order valence-corrected chi connectivity index (χ3v) is 5.68. The summed E-state index contributed by atoms with van der Waals surface area (Å²) in [7, 11) is 4.35. The van der Waals surface area contributed by atoms with Crippen molar-refractivity contribution < 1.29 is 13.7 Å². The molecule has 0 amide bonds.